The molecule has 1 aromatic rings. The van der Waals surface area contributed by atoms with E-state index in [2.05, 4.69) is 5.32 Å². The van der Waals surface area contributed by atoms with Crippen LogP contribution in [-0.4, -0.2) is 28.7 Å². The number of aliphatic hydroxyl groups is 1. The maximum atomic E-state index is 9.46. The van der Waals surface area contributed by atoms with Crippen LogP contribution in [0.15, 0.2) is 12.1 Å². The number of benzene rings is 1. The van der Waals surface area contributed by atoms with Crippen molar-refractivity contribution >= 4 is 28.9 Å². The normalized spacial score (nSPS) is 12.5. The summed E-state index contributed by atoms with van der Waals surface area (Å²) >= 11 is 11.4. The Bertz CT molecular complexity index is 344. The van der Waals surface area contributed by atoms with Crippen molar-refractivity contribution in [3.8, 4) is 5.75 Å². The first-order valence-electron chi connectivity index (χ1n) is 4.51. The predicted molar refractivity (Wildman–Crippen MR) is 63.1 cm³/mol. The standard InChI is InChI=1S/C10H13Cl2NO2/c1-6-2-8(12)9(3-10(6)15)13-5-7(14)4-11/h2-3,7,13-15H,4-5H2,1H3. The molecule has 84 valence electrons. The number of halogens is 2. The Morgan fingerprint density at radius 1 is 1.47 bits per heavy atom. The lowest BCUT2D eigenvalue weighted by atomic mass is 10.2. The molecule has 0 fully saturated rings. The second-order valence-electron chi connectivity index (χ2n) is 3.31. The summed E-state index contributed by atoms with van der Waals surface area (Å²) in [7, 11) is 0. The first-order chi connectivity index (χ1) is 7.04. The fraction of sp³-hybridized carbons (Fsp3) is 0.400. The van der Waals surface area contributed by atoms with Gasteiger partial charge < -0.3 is 15.5 Å². The highest BCUT2D eigenvalue weighted by Crippen LogP contribution is 2.29. The second kappa shape index (κ2) is 5.45. The highest BCUT2D eigenvalue weighted by Gasteiger charge is 2.07. The van der Waals surface area contributed by atoms with Gasteiger partial charge in [-0.3, -0.25) is 0 Å². The van der Waals surface area contributed by atoms with Crippen molar-refractivity contribution in [1.29, 1.82) is 0 Å². The molecular weight excluding hydrogens is 237 g/mol. The summed E-state index contributed by atoms with van der Waals surface area (Å²) in [4.78, 5) is 0. The summed E-state index contributed by atoms with van der Waals surface area (Å²) in [6.07, 6.45) is -0.633. The zero-order valence-electron chi connectivity index (χ0n) is 8.30. The smallest absolute Gasteiger partial charge is 0.120 e. The predicted octanol–water partition coefficient (Wildman–Crippen LogP) is 2.37. The number of hydrogen-bond donors (Lipinski definition) is 3. The Morgan fingerprint density at radius 3 is 2.73 bits per heavy atom. The van der Waals surface area contributed by atoms with E-state index in [4.69, 9.17) is 23.2 Å². The lowest BCUT2D eigenvalue weighted by molar-refractivity contribution is 0.211. The van der Waals surface area contributed by atoms with Gasteiger partial charge in [0.1, 0.15) is 5.75 Å². The summed E-state index contributed by atoms with van der Waals surface area (Å²) in [5.74, 6) is 0.324. The van der Waals surface area contributed by atoms with Crippen molar-refractivity contribution in [3.05, 3.63) is 22.7 Å². The number of nitrogens with one attached hydrogen (secondary N) is 1. The highest BCUT2D eigenvalue weighted by molar-refractivity contribution is 6.33. The van der Waals surface area contributed by atoms with Crippen LogP contribution in [0.4, 0.5) is 5.69 Å². The number of phenols is 1. The van der Waals surface area contributed by atoms with Gasteiger partial charge in [0.05, 0.1) is 22.7 Å². The number of rotatable bonds is 4. The number of phenolic OH excluding ortho intramolecular Hbond substituents is 1. The zero-order chi connectivity index (χ0) is 11.4. The third-order valence-electron chi connectivity index (χ3n) is 1.99. The van der Waals surface area contributed by atoms with Crippen LogP contribution in [0.2, 0.25) is 5.02 Å². The van der Waals surface area contributed by atoms with Crippen molar-refractivity contribution in [3.63, 3.8) is 0 Å². The summed E-state index contributed by atoms with van der Waals surface area (Å²) in [6, 6.07) is 3.19. The average molecular weight is 250 g/mol. The van der Waals surface area contributed by atoms with Crippen LogP contribution < -0.4 is 5.32 Å². The van der Waals surface area contributed by atoms with Crippen LogP contribution in [-0.2, 0) is 0 Å². The Labute approximate surface area is 98.6 Å². The van der Waals surface area contributed by atoms with E-state index in [1.807, 2.05) is 0 Å². The molecule has 5 heteroatoms. The molecular formula is C10H13Cl2NO2. The first kappa shape index (κ1) is 12.4. The van der Waals surface area contributed by atoms with Gasteiger partial charge in [0, 0.05) is 12.6 Å². The second-order valence-corrected chi connectivity index (χ2v) is 4.02. The van der Waals surface area contributed by atoms with Crippen molar-refractivity contribution in [2.75, 3.05) is 17.7 Å². The minimum atomic E-state index is -0.633. The third-order valence-corrected chi connectivity index (χ3v) is 2.66. The summed E-state index contributed by atoms with van der Waals surface area (Å²) < 4.78 is 0. The number of anilines is 1. The number of alkyl halides is 1. The van der Waals surface area contributed by atoms with E-state index in [1.165, 1.54) is 6.07 Å². The fourth-order valence-electron chi connectivity index (χ4n) is 1.08. The van der Waals surface area contributed by atoms with Crippen LogP contribution >= 0.6 is 23.2 Å². The zero-order valence-corrected chi connectivity index (χ0v) is 9.81. The maximum absolute atomic E-state index is 9.46. The molecule has 3 N–H and O–H groups in total. The Kier molecular flexibility index (Phi) is 4.51. The fourth-order valence-corrected chi connectivity index (χ4v) is 1.47. The van der Waals surface area contributed by atoms with Gasteiger partial charge >= 0.3 is 0 Å². The molecule has 0 aliphatic rings. The molecule has 15 heavy (non-hydrogen) atoms. The quantitative estimate of drug-likeness (QED) is 0.719. The van der Waals surface area contributed by atoms with Crippen molar-refractivity contribution in [2.24, 2.45) is 0 Å². The van der Waals surface area contributed by atoms with E-state index >= 15 is 0 Å². The molecule has 3 nitrogen and oxygen atoms in total. The Balaban J connectivity index is 2.73. The number of aromatic hydroxyl groups is 1. The summed E-state index contributed by atoms with van der Waals surface area (Å²) in [5, 5.41) is 22.1. The van der Waals surface area contributed by atoms with E-state index in [-0.39, 0.29) is 11.6 Å². The van der Waals surface area contributed by atoms with Gasteiger partial charge in [-0.05, 0) is 18.6 Å². The number of aryl methyl sites for hydroxylation is 1. The van der Waals surface area contributed by atoms with Crippen molar-refractivity contribution < 1.29 is 10.2 Å². The van der Waals surface area contributed by atoms with E-state index in [9.17, 15) is 10.2 Å². The molecule has 0 spiro atoms. The molecule has 0 saturated heterocycles. The van der Waals surface area contributed by atoms with Gasteiger partial charge in [0.25, 0.3) is 0 Å². The Morgan fingerprint density at radius 2 is 2.13 bits per heavy atom. The number of aliphatic hydroxyl groups excluding tert-OH is 1. The third kappa shape index (κ3) is 3.45. The highest BCUT2D eigenvalue weighted by atomic mass is 35.5. The molecule has 1 atom stereocenters. The summed E-state index contributed by atoms with van der Waals surface area (Å²) in [5.41, 5.74) is 1.30. The van der Waals surface area contributed by atoms with Gasteiger partial charge in [0.2, 0.25) is 0 Å². The molecule has 0 radical (unpaired) electrons. The van der Waals surface area contributed by atoms with Gasteiger partial charge in [-0.25, -0.2) is 0 Å². The van der Waals surface area contributed by atoms with Gasteiger partial charge in [-0.2, -0.15) is 0 Å². The molecule has 0 aliphatic carbocycles. The largest absolute Gasteiger partial charge is 0.508 e. The van der Waals surface area contributed by atoms with Gasteiger partial charge in [-0.15, -0.1) is 11.6 Å². The molecule has 1 unspecified atom stereocenters. The van der Waals surface area contributed by atoms with E-state index in [0.29, 0.717) is 22.8 Å². The van der Waals surface area contributed by atoms with Crippen LogP contribution in [0.3, 0.4) is 0 Å². The maximum Gasteiger partial charge on any atom is 0.120 e. The van der Waals surface area contributed by atoms with Gasteiger partial charge in [-0.1, -0.05) is 11.6 Å². The van der Waals surface area contributed by atoms with Crippen LogP contribution in [0.1, 0.15) is 5.56 Å². The van der Waals surface area contributed by atoms with E-state index in [0.717, 1.165) is 0 Å². The van der Waals surface area contributed by atoms with E-state index < -0.39 is 6.10 Å². The van der Waals surface area contributed by atoms with Crippen molar-refractivity contribution in [2.45, 2.75) is 13.0 Å². The Hall–Kier alpha value is -0.640. The van der Waals surface area contributed by atoms with Gasteiger partial charge in [0.15, 0.2) is 0 Å². The summed E-state index contributed by atoms with van der Waals surface area (Å²) in [6.45, 7) is 2.06. The molecule has 0 saturated carbocycles. The topological polar surface area (TPSA) is 52.5 Å². The van der Waals surface area contributed by atoms with E-state index in [1.54, 1.807) is 13.0 Å². The molecule has 1 aromatic carbocycles. The van der Waals surface area contributed by atoms with Crippen LogP contribution in [0, 0.1) is 6.92 Å². The monoisotopic (exact) mass is 249 g/mol. The van der Waals surface area contributed by atoms with Crippen LogP contribution in [0.5, 0.6) is 5.75 Å². The van der Waals surface area contributed by atoms with Crippen LogP contribution in [0.25, 0.3) is 0 Å². The minimum absolute atomic E-state index is 0.155. The molecule has 0 amide bonds. The molecule has 0 heterocycles. The molecule has 0 aliphatic heterocycles. The molecule has 0 bridgehead atoms. The lowest BCUT2D eigenvalue weighted by Crippen LogP contribution is -2.20. The lowest BCUT2D eigenvalue weighted by Gasteiger charge is -2.12. The SMILES string of the molecule is Cc1cc(Cl)c(NCC(O)CCl)cc1O. The average Bonchev–Trinajstić information content (AvgIpc) is 2.21. The number of hydrogen-bond acceptors (Lipinski definition) is 3. The molecule has 0 aromatic heterocycles. The minimum Gasteiger partial charge on any atom is -0.508 e. The molecule has 1 rings (SSSR count). The first-order valence-corrected chi connectivity index (χ1v) is 5.43. The van der Waals surface area contributed by atoms with Crippen molar-refractivity contribution in [1.82, 2.24) is 0 Å².